The molecule has 1 saturated heterocycles. The fourth-order valence-electron chi connectivity index (χ4n) is 2.98. The lowest BCUT2D eigenvalue weighted by atomic mass is 10.1. The van der Waals surface area contributed by atoms with E-state index in [1.54, 1.807) is 37.4 Å². The van der Waals surface area contributed by atoms with Crippen molar-refractivity contribution in [1.29, 1.82) is 0 Å². The van der Waals surface area contributed by atoms with Crippen LogP contribution in [0.5, 0.6) is 5.75 Å². The number of anilines is 1. The lowest BCUT2D eigenvalue weighted by molar-refractivity contribution is -0.130. The van der Waals surface area contributed by atoms with Gasteiger partial charge in [-0.1, -0.05) is 24.3 Å². The highest BCUT2D eigenvalue weighted by Crippen LogP contribution is 2.16. The molecule has 1 aliphatic rings. The average molecular weight is 432 g/mol. The lowest BCUT2D eigenvalue weighted by Gasteiger charge is -2.26. The van der Waals surface area contributed by atoms with Gasteiger partial charge in [0.25, 0.3) is 0 Å². The van der Waals surface area contributed by atoms with Gasteiger partial charge in [-0.2, -0.15) is 11.8 Å². The fourth-order valence-corrected chi connectivity index (χ4v) is 3.88. The maximum absolute atomic E-state index is 13.5. The summed E-state index contributed by atoms with van der Waals surface area (Å²) in [7, 11) is 1.64. The van der Waals surface area contributed by atoms with E-state index in [9.17, 15) is 14.0 Å². The number of thioether (sulfide) groups is 1. The van der Waals surface area contributed by atoms with Gasteiger partial charge in [0.1, 0.15) is 6.61 Å². The van der Waals surface area contributed by atoms with Crippen molar-refractivity contribution in [3.63, 3.8) is 0 Å². The quantitative estimate of drug-likeness (QED) is 0.729. The van der Waals surface area contributed by atoms with Crippen LogP contribution in [-0.4, -0.2) is 66.5 Å². The highest BCUT2D eigenvalue weighted by molar-refractivity contribution is 7.99. The Morgan fingerprint density at radius 1 is 1.13 bits per heavy atom. The molecule has 3 rings (SSSR count). The topological polar surface area (TPSA) is 61.9 Å². The Hall–Kier alpha value is -2.74. The summed E-state index contributed by atoms with van der Waals surface area (Å²) in [6.45, 7) is 2.11. The van der Waals surface area contributed by atoms with Crippen molar-refractivity contribution in [3.05, 3.63) is 59.9 Å². The van der Waals surface area contributed by atoms with Crippen molar-refractivity contribution < 1.29 is 18.7 Å². The van der Waals surface area contributed by atoms with Crippen LogP contribution >= 0.6 is 11.8 Å². The van der Waals surface area contributed by atoms with Crippen molar-refractivity contribution in [3.8, 4) is 5.75 Å². The number of hydrogen-bond donors (Lipinski definition) is 1. The molecular weight excluding hydrogens is 405 g/mol. The Morgan fingerprint density at radius 2 is 1.83 bits per heavy atom. The number of hydrogen-bond acceptors (Lipinski definition) is 4. The molecule has 1 aliphatic heterocycles. The first-order valence-electron chi connectivity index (χ1n) is 9.87. The molecule has 6 nitrogen and oxygen atoms in total. The number of urea groups is 1. The van der Waals surface area contributed by atoms with Gasteiger partial charge in [-0.05, 0) is 29.8 Å². The fraction of sp³-hybridized carbons (Fsp3) is 0.364. The largest absolute Gasteiger partial charge is 0.489 e. The maximum Gasteiger partial charge on any atom is 0.321 e. The second-order valence-electron chi connectivity index (χ2n) is 7.00. The van der Waals surface area contributed by atoms with Crippen LogP contribution in [0.3, 0.4) is 0 Å². The van der Waals surface area contributed by atoms with Crippen molar-refractivity contribution in [2.45, 2.75) is 6.42 Å². The molecular formula is C22H26FN3O3S. The van der Waals surface area contributed by atoms with E-state index in [4.69, 9.17) is 4.74 Å². The molecule has 3 amide bonds. The number of rotatable bonds is 7. The molecule has 0 aliphatic carbocycles. The van der Waals surface area contributed by atoms with Gasteiger partial charge < -0.3 is 19.9 Å². The summed E-state index contributed by atoms with van der Waals surface area (Å²) in [5.74, 6) is 1.87. The summed E-state index contributed by atoms with van der Waals surface area (Å²) in [4.78, 5) is 28.0. The van der Waals surface area contributed by atoms with E-state index in [1.807, 2.05) is 28.8 Å². The number of carbonyl (C=O) groups is 2. The predicted octanol–water partition coefficient (Wildman–Crippen LogP) is 3.49. The van der Waals surface area contributed by atoms with Gasteiger partial charge >= 0.3 is 6.03 Å². The molecule has 1 fully saturated rings. The third-order valence-electron chi connectivity index (χ3n) is 4.79. The van der Waals surface area contributed by atoms with Crippen molar-refractivity contribution in [2.75, 3.05) is 50.1 Å². The first kappa shape index (κ1) is 22.0. The first-order valence-corrected chi connectivity index (χ1v) is 11.0. The van der Waals surface area contributed by atoms with Crippen LogP contribution in [0.15, 0.2) is 48.5 Å². The summed E-state index contributed by atoms with van der Waals surface area (Å²) in [5, 5.41) is 2.80. The number of halogens is 1. The lowest BCUT2D eigenvalue weighted by Crippen LogP contribution is -2.38. The Bertz CT molecular complexity index is 857. The molecule has 8 heteroatoms. The molecule has 0 unspecified atom stereocenters. The summed E-state index contributed by atoms with van der Waals surface area (Å²) >= 11 is 1.87. The van der Waals surface area contributed by atoms with Crippen molar-refractivity contribution >= 4 is 29.4 Å². The molecule has 0 spiro atoms. The minimum absolute atomic E-state index is 0.140. The highest BCUT2D eigenvalue weighted by Gasteiger charge is 2.17. The number of ether oxygens (including phenoxy) is 1. The summed E-state index contributed by atoms with van der Waals surface area (Å²) < 4.78 is 18.9. The minimum Gasteiger partial charge on any atom is -0.489 e. The number of amides is 3. The second kappa shape index (κ2) is 10.9. The Kier molecular flexibility index (Phi) is 7.96. The Morgan fingerprint density at radius 3 is 2.53 bits per heavy atom. The van der Waals surface area contributed by atoms with E-state index in [0.29, 0.717) is 18.7 Å². The normalized spacial score (nSPS) is 13.6. The van der Waals surface area contributed by atoms with Gasteiger partial charge in [-0.3, -0.25) is 4.79 Å². The third kappa shape index (κ3) is 6.38. The average Bonchev–Trinajstić information content (AvgIpc) is 2.77. The number of nitrogens with one attached hydrogen (secondary N) is 1. The van der Waals surface area contributed by atoms with Crippen LogP contribution in [0.25, 0.3) is 0 Å². The molecule has 0 atom stereocenters. The van der Waals surface area contributed by atoms with E-state index in [-0.39, 0.29) is 24.3 Å². The number of nitrogens with zero attached hydrogens (tertiary/aromatic N) is 2. The van der Waals surface area contributed by atoms with Gasteiger partial charge in [-0.25, -0.2) is 9.18 Å². The van der Waals surface area contributed by atoms with Crippen LogP contribution in [0.2, 0.25) is 0 Å². The smallest absolute Gasteiger partial charge is 0.321 e. The molecule has 0 saturated carbocycles. The molecule has 1 N–H and O–H groups in total. The number of benzene rings is 2. The molecule has 2 aromatic carbocycles. The van der Waals surface area contributed by atoms with Gasteiger partial charge in [0.2, 0.25) is 5.91 Å². The van der Waals surface area contributed by atoms with Gasteiger partial charge in [0, 0.05) is 37.3 Å². The zero-order chi connectivity index (χ0) is 21.3. The maximum atomic E-state index is 13.5. The van der Waals surface area contributed by atoms with E-state index in [1.165, 1.54) is 11.0 Å². The molecule has 30 heavy (non-hydrogen) atoms. The SMILES string of the molecule is CN(CCOc1ccccc1F)C(=O)Nc1ccc(CC(=O)N2CCSCC2)cc1. The molecule has 0 radical (unpaired) electrons. The Labute approximate surface area is 180 Å². The second-order valence-corrected chi connectivity index (χ2v) is 8.22. The van der Waals surface area contributed by atoms with Gasteiger partial charge in [0.05, 0.1) is 13.0 Å². The number of likely N-dealkylation sites (N-methyl/N-ethyl adjacent to an activating group) is 1. The van der Waals surface area contributed by atoms with Crippen LogP contribution in [0, 0.1) is 5.82 Å². The van der Waals surface area contributed by atoms with Gasteiger partial charge in [-0.15, -0.1) is 0 Å². The molecule has 160 valence electrons. The minimum atomic E-state index is -0.428. The van der Waals surface area contributed by atoms with Crippen LogP contribution in [0.4, 0.5) is 14.9 Å². The van der Waals surface area contributed by atoms with E-state index >= 15 is 0 Å². The number of para-hydroxylation sites is 1. The first-order chi connectivity index (χ1) is 14.5. The monoisotopic (exact) mass is 431 g/mol. The third-order valence-corrected chi connectivity index (χ3v) is 5.73. The molecule has 2 aromatic rings. The molecule has 1 heterocycles. The number of carbonyl (C=O) groups excluding carboxylic acids is 2. The summed E-state index contributed by atoms with van der Waals surface area (Å²) in [6.07, 6.45) is 0.367. The van der Waals surface area contributed by atoms with E-state index in [0.717, 1.165) is 30.2 Å². The van der Waals surface area contributed by atoms with E-state index < -0.39 is 5.82 Å². The Balaban J connectivity index is 1.43. The standard InChI is InChI=1S/C22H26FN3O3S/c1-25(10-13-29-20-5-3-2-4-19(20)23)22(28)24-18-8-6-17(7-9-18)16-21(27)26-11-14-30-15-12-26/h2-9H,10-16H2,1H3,(H,24,28). The van der Waals surface area contributed by atoms with Crippen molar-refractivity contribution in [1.82, 2.24) is 9.80 Å². The van der Waals surface area contributed by atoms with Crippen molar-refractivity contribution in [2.24, 2.45) is 0 Å². The van der Waals surface area contributed by atoms with E-state index in [2.05, 4.69) is 5.32 Å². The zero-order valence-corrected chi connectivity index (χ0v) is 17.8. The highest BCUT2D eigenvalue weighted by atomic mass is 32.2. The van der Waals surface area contributed by atoms with Crippen LogP contribution < -0.4 is 10.1 Å². The molecule has 0 bridgehead atoms. The summed E-state index contributed by atoms with van der Waals surface area (Å²) in [6, 6.07) is 13.2. The molecule has 0 aromatic heterocycles. The summed E-state index contributed by atoms with van der Waals surface area (Å²) in [5.41, 5.74) is 1.57. The van der Waals surface area contributed by atoms with Crippen LogP contribution in [0.1, 0.15) is 5.56 Å². The van der Waals surface area contributed by atoms with Gasteiger partial charge in [0.15, 0.2) is 11.6 Å². The predicted molar refractivity (Wildman–Crippen MR) is 118 cm³/mol. The zero-order valence-electron chi connectivity index (χ0n) is 17.0. The van der Waals surface area contributed by atoms with Crippen LogP contribution in [-0.2, 0) is 11.2 Å².